The normalized spacial score (nSPS) is 15.3. The molecule has 26 heavy (non-hydrogen) atoms. The van der Waals surface area contributed by atoms with Crippen molar-refractivity contribution in [2.45, 2.75) is 32.6 Å². The summed E-state index contributed by atoms with van der Waals surface area (Å²) in [6.45, 7) is 3.62. The average molecular weight is 349 g/mol. The summed E-state index contributed by atoms with van der Waals surface area (Å²) in [7, 11) is 0. The van der Waals surface area contributed by atoms with Crippen molar-refractivity contribution in [3.8, 4) is 0 Å². The highest BCUT2D eigenvalue weighted by Crippen LogP contribution is 2.30. The van der Waals surface area contributed by atoms with Crippen LogP contribution in [0.4, 0.5) is 17.1 Å². The summed E-state index contributed by atoms with van der Waals surface area (Å²) in [6.07, 6.45) is 2.66. The van der Waals surface area contributed by atoms with E-state index in [-0.39, 0.29) is 11.8 Å². The Morgan fingerprint density at radius 1 is 1.12 bits per heavy atom. The van der Waals surface area contributed by atoms with E-state index in [1.54, 1.807) is 0 Å². The van der Waals surface area contributed by atoms with E-state index < -0.39 is 0 Å². The maximum atomic E-state index is 12.4. The van der Waals surface area contributed by atoms with Crippen molar-refractivity contribution < 1.29 is 9.59 Å². The maximum Gasteiger partial charge on any atom is 0.228 e. The SMILES string of the molecule is CCN1C(=O)CCc2cc(NC(=O)Cc3ccc4c(c3)NCC4)ccc21. The zero-order valence-electron chi connectivity index (χ0n) is 15.0. The van der Waals surface area contributed by atoms with Crippen LogP contribution in [0, 0.1) is 0 Å². The summed E-state index contributed by atoms with van der Waals surface area (Å²) < 4.78 is 0. The molecule has 0 bridgehead atoms. The number of aryl methyl sites for hydroxylation is 1. The van der Waals surface area contributed by atoms with Gasteiger partial charge in [0.2, 0.25) is 11.8 Å². The standard InChI is InChI=1S/C21H23N3O2/c1-2-24-19-7-6-17(13-16(19)5-8-21(24)26)23-20(25)12-14-3-4-15-9-10-22-18(15)11-14/h3-4,6-7,11,13,22H,2,5,8-10,12H2,1H3,(H,23,25). The number of carbonyl (C=O) groups is 2. The predicted molar refractivity (Wildman–Crippen MR) is 104 cm³/mol. The highest BCUT2D eigenvalue weighted by Gasteiger charge is 2.23. The molecule has 2 amide bonds. The van der Waals surface area contributed by atoms with E-state index in [2.05, 4.69) is 22.8 Å². The third-order valence-corrected chi connectivity index (χ3v) is 5.13. The zero-order chi connectivity index (χ0) is 18.1. The molecule has 0 saturated heterocycles. The molecular formula is C21H23N3O2. The first-order valence-corrected chi connectivity index (χ1v) is 9.23. The lowest BCUT2D eigenvalue weighted by atomic mass is 10.0. The molecule has 0 atom stereocenters. The Hall–Kier alpha value is -2.82. The summed E-state index contributed by atoms with van der Waals surface area (Å²) in [6, 6.07) is 12.0. The fraction of sp³-hybridized carbons (Fsp3) is 0.333. The number of anilines is 3. The Morgan fingerprint density at radius 2 is 2.00 bits per heavy atom. The molecule has 0 unspecified atom stereocenters. The second-order valence-electron chi connectivity index (χ2n) is 6.87. The molecule has 2 aliphatic rings. The van der Waals surface area contributed by atoms with E-state index in [0.29, 0.717) is 19.4 Å². The maximum absolute atomic E-state index is 12.4. The van der Waals surface area contributed by atoms with Gasteiger partial charge < -0.3 is 15.5 Å². The summed E-state index contributed by atoms with van der Waals surface area (Å²) >= 11 is 0. The van der Waals surface area contributed by atoms with Gasteiger partial charge in [0.15, 0.2) is 0 Å². The lowest BCUT2D eigenvalue weighted by Gasteiger charge is -2.28. The quantitative estimate of drug-likeness (QED) is 0.891. The van der Waals surface area contributed by atoms with Crippen LogP contribution in [0.15, 0.2) is 36.4 Å². The highest BCUT2D eigenvalue weighted by atomic mass is 16.2. The van der Waals surface area contributed by atoms with Crippen molar-refractivity contribution >= 4 is 28.9 Å². The van der Waals surface area contributed by atoms with Crippen LogP contribution >= 0.6 is 0 Å². The summed E-state index contributed by atoms with van der Waals surface area (Å²) in [5, 5.41) is 6.34. The molecule has 4 rings (SSSR count). The third-order valence-electron chi connectivity index (χ3n) is 5.13. The number of nitrogens with zero attached hydrogens (tertiary/aromatic N) is 1. The Bertz CT molecular complexity index is 876. The van der Waals surface area contributed by atoms with Crippen molar-refractivity contribution in [3.05, 3.63) is 53.1 Å². The van der Waals surface area contributed by atoms with Crippen LogP contribution in [0.3, 0.4) is 0 Å². The summed E-state index contributed by atoms with van der Waals surface area (Å²) in [5.41, 5.74) is 6.35. The van der Waals surface area contributed by atoms with Crippen molar-refractivity contribution in [2.24, 2.45) is 0 Å². The van der Waals surface area contributed by atoms with Gasteiger partial charge in [0.25, 0.3) is 0 Å². The molecule has 5 nitrogen and oxygen atoms in total. The molecule has 0 aromatic heterocycles. The van der Waals surface area contributed by atoms with Crippen LogP contribution in [0.2, 0.25) is 0 Å². The summed E-state index contributed by atoms with van der Waals surface area (Å²) in [5.74, 6) is 0.143. The van der Waals surface area contributed by atoms with Crippen LogP contribution < -0.4 is 15.5 Å². The largest absolute Gasteiger partial charge is 0.384 e. The number of rotatable bonds is 4. The van der Waals surface area contributed by atoms with Gasteiger partial charge in [-0.05, 0) is 60.7 Å². The van der Waals surface area contributed by atoms with Crippen LogP contribution in [-0.2, 0) is 28.9 Å². The molecule has 0 saturated carbocycles. The van der Waals surface area contributed by atoms with E-state index in [1.807, 2.05) is 36.1 Å². The average Bonchev–Trinajstić information content (AvgIpc) is 3.09. The van der Waals surface area contributed by atoms with Gasteiger partial charge in [-0.25, -0.2) is 0 Å². The van der Waals surface area contributed by atoms with E-state index in [0.717, 1.165) is 47.6 Å². The van der Waals surface area contributed by atoms with Gasteiger partial charge in [-0.1, -0.05) is 12.1 Å². The minimum Gasteiger partial charge on any atom is -0.384 e. The van der Waals surface area contributed by atoms with Gasteiger partial charge in [0, 0.05) is 36.6 Å². The van der Waals surface area contributed by atoms with Gasteiger partial charge in [-0.15, -0.1) is 0 Å². The van der Waals surface area contributed by atoms with Gasteiger partial charge in [-0.2, -0.15) is 0 Å². The van der Waals surface area contributed by atoms with Crippen LogP contribution in [0.1, 0.15) is 30.0 Å². The monoisotopic (exact) mass is 349 g/mol. The first-order valence-electron chi connectivity index (χ1n) is 9.23. The number of carbonyl (C=O) groups excluding carboxylic acids is 2. The van der Waals surface area contributed by atoms with Gasteiger partial charge in [0.1, 0.15) is 0 Å². The minimum absolute atomic E-state index is 0.0258. The van der Waals surface area contributed by atoms with E-state index in [1.165, 1.54) is 5.56 Å². The minimum atomic E-state index is -0.0258. The molecular weight excluding hydrogens is 326 g/mol. The first kappa shape index (κ1) is 16.6. The van der Waals surface area contributed by atoms with E-state index >= 15 is 0 Å². The smallest absolute Gasteiger partial charge is 0.228 e. The number of fused-ring (bicyclic) bond motifs is 2. The zero-order valence-corrected chi connectivity index (χ0v) is 15.0. The lowest BCUT2D eigenvalue weighted by Crippen LogP contribution is -2.34. The lowest BCUT2D eigenvalue weighted by molar-refractivity contribution is -0.119. The van der Waals surface area contributed by atoms with Crippen molar-refractivity contribution in [1.82, 2.24) is 0 Å². The molecule has 0 fully saturated rings. The molecule has 2 aromatic carbocycles. The number of amides is 2. The Balaban J connectivity index is 1.46. The molecule has 2 heterocycles. The molecule has 2 aliphatic heterocycles. The molecule has 2 aromatic rings. The van der Waals surface area contributed by atoms with Crippen molar-refractivity contribution in [3.63, 3.8) is 0 Å². The number of benzene rings is 2. The second-order valence-corrected chi connectivity index (χ2v) is 6.87. The van der Waals surface area contributed by atoms with Crippen LogP contribution in [-0.4, -0.2) is 24.9 Å². The Kier molecular flexibility index (Phi) is 4.37. The fourth-order valence-corrected chi connectivity index (χ4v) is 3.82. The van der Waals surface area contributed by atoms with Gasteiger partial charge in [-0.3, -0.25) is 9.59 Å². The molecule has 0 aliphatic carbocycles. The molecule has 0 spiro atoms. The van der Waals surface area contributed by atoms with E-state index in [9.17, 15) is 9.59 Å². The van der Waals surface area contributed by atoms with Crippen LogP contribution in [0.5, 0.6) is 0 Å². The second kappa shape index (κ2) is 6.83. The fourth-order valence-electron chi connectivity index (χ4n) is 3.82. The Labute approximate surface area is 153 Å². The van der Waals surface area contributed by atoms with Crippen molar-refractivity contribution in [2.75, 3.05) is 28.6 Å². The number of hydrogen-bond donors (Lipinski definition) is 2. The van der Waals surface area contributed by atoms with Gasteiger partial charge >= 0.3 is 0 Å². The first-order chi connectivity index (χ1) is 12.6. The summed E-state index contributed by atoms with van der Waals surface area (Å²) in [4.78, 5) is 26.2. The molecule has 2 N–H and O–H groups in total. The topological polar surface area (TPSA) is 61.4 Å². The predicted octanol–water partition coefficient (Wildman–Crippen LogP) is 3.13. The van der Waals surface area contributed by atoms with E-state index in [4.69, 9.17) is 0 Å². The number of hydrogen-bond acceptors (Lipinski definition) is 3. The van der Waals surface area contributed by atoms with Gasteiger partial charge in [0.05, 0.1) is 6.42 Å². The Morgan fingerprint density at radius 3 is 2.85 bits per heavy atom. The highest BCUT2D eigenvalue weighted by molar-refractivity contribution is 5.97. The van der Waals surface area contributed by atoms with Crippen LogP contribution in [0.25, 0.3) is 0 Å². The molecule has 134 valence electrons. The molecule has 5 heteroatoms. The molecule has 0 radical (unpaired) electrons. The third kappa shape index (κ3) is 3.17. The van der Waals surface area contributed by atoms with Crippen molar-refractivity contribution in [1.29, 1.82) is 0 Å². The number of nitrogens with one attached hydrogen (secondary N) is 2.